The Kier molecular flexibility index (Phi) is 7.03. The van der Waals surface area contributed by atoms with Crippen LogP contribution in [0.5, 0.6) is 0 Å². The summed E-state index contributed by atoms with van der Waals surface area (Å²) in [5, 5.41) is -0.623. The Balaban J connectivity index is 1.51. The molecule has 0 saturated carbocycles. The van der Waals surface area contributed by atoms with Gasteiger partial charge in [-0.2, -0.15) is 0 Å². The van der Waals surface area contributed by atoms with Crippen molar-refractivity contribution >= 4 is 91.6 Å². The smallest absolute Gasteiger partial charge is 0.338 e. The van der Waals surface area contributed by atoms with Crippen molar-refractivity contribution in [2.24, 2.45) is 0 Å². The Morgan fingerprint density at radius 3 is 1.71 bits per heavy atom. The van der Waals surface area contributed by atoms with Crippen molar-refractivity contribution in [2.45, 2.75) is 0 Å². The van der Waals surface area contributed by atoms with Crippen LogP contribution in [0.15, 0.2) is 53.0 Å². The Hall–Kier alpha value is -2.42. The number of fused-ring (bicyclic) bond motifs is 1. The van der Waals surface area contributed by atoms with Gasteiger partial charge >= 0.3 is 5.97 Å². The molecule has 0 radical (unpaired) electrons. The van der Waals surface area contributed by atoms with Gasteiger partial charge in [-0.05, 0) is 36.4 Å². The van der Waals surface area contributed by atoms with Crippen molar-refractivity contribution in [1.29, 1.82) is 0 Å². The molecule has 1 heterocycles. The highest BCUT2D eigenvalue weighted by atomic mass is 79.9. The second-order valence-corrected chi connectivity index (χ2v) is 9.43. The molecule has 0 N–H and O–H groups in total. The topological polar surface area (TPSA) is 80.8 Å². The van der Waals surface area contributed by atoms with Gasteiger partial charge < -0.3 is 4.74 Å². The highest BCUT2D eigenvalue weighted by Gasteiger charge is 2.42. The zero-order valence-electron chi connectivity index (χ0n) is 16.7. The molecule has 0 bridgehead atoms. The van der Waals surface area contributed by atoms with Gasteiger partial charge in [0.15, 0.2) is 12.4 Å². The van der Waals surface area contributed by atoms with Crippen molar-refractivity contribution in [2.75, 3.05) is 11.5 Å². The zero-order valence-corrected chi connectivity index (χ0v) is 21.3. The van der Waals surface area contributed by atoms with E-state index in [-0.39, 0.29) is 48.3 Å². The van der Waals surface area contributed by atoms with Gasteiger partial charge in [0.25, 0.3) is 11.8 Å². The van der Waals surface area contributed by atoms with Crippen LogP contribution in [0.3, 0.4) is 0 Å². The fourth-order valence-electron chi connectivity index (χ4n) is 3.26. The van der Waals surface area contributed by atoms with Crippen LogP contribution in [0.1, 0.15) is 41.4 Å². The van der Waals surface area contributed by atoms with Gasteiger partial charge in [0.2, 0.25) is 0 Å². The van der Waals surface area contributed by atoms with Gasteiger partial charge in [-0.25, -0.2) is 9.69 Å². The van der Waals surface area contributed by atoms with Crippen LogP contribution in [0.2, 0.25) is 20.1 Å². The third-order valence-electron chi connectivity index (χ3n) is 4.96. The maximum atomic E-state index is 12.9. The maximum absolute atomic E-state index is 12.9. The van der Waals surface area contributed by atoms with E-state index in [0.717, 1.165) is 9.37 Å². The fourth-order valence-corrected chi connectivity index (χ4v) is 4.54. The number of carbonyl (C=O) groups is 4. The third-order valence-corrected chi connectivity index (χ3v) is 7.29. The summed E-state index contributed by atoms with van der Waals surface area (Å²) in [7, 11) is 0. The number of hydrogen-bond acceptors (Lipinski definition) is 5. The van der Waals surface area contributed by atoms with Crippen LogP contribution in [-0.2, 0) is 4.74 Å². The van der Waals surface area contributed by atoms with E-state index < -0.39 is 24.4 Å². The van der Waals surface area contributed by atoms with E-state index >= 15 is 0 Å². The monoisotopic (exact) mass is 599 g/mol. The lowest BCUT2D eigenvalue weighted by atomic mass is 10.1. The molecule has 0 saturated heterocycles. The summed E-state index contributed by atoms with van der Waals surface area (Å²) in [5.41, 5.74) is 0.371. The minimum absolute atomic E-state index is 0.117. The molecule has 4 rings (SSSR count). The maximum Gasteiger partial charge on any atom is 0.338 e. The predicted molar refractivity (Wildman–Crippen MR) is 133 cm³/mol. The molecule has 0 aromatic heterocycles. The molecule has 34 heavy (non-hydrogen) atoms. The Morgan fingerprint density at radius 1 is 0.735 bits per heavy atom. The van der Waals surface area contributed by atoms with Crippen molar-refractivity contribution in [3.05, 3.63) is 95.3 Å². The number of carbonyl (C=O) groups excluding carboxylic acids is 4. The number of halogens is 5. The lowest BCUT2D eigenvalue weighted by molar-refractivity contribution is 0.0474. The van der Waals surface area contributed by atoms with Gasteiger partial charge in [-0.1, -0.05) is 74.5 Å². The first-order valence-electron chi connectivity index (χ1n) is 9.42. The lowest BCUT2D eigenvalue weighted by Crippen LogP contribution is -2.29. The van der Waals surface area contributed by atoms with Gasteiger partial charge in [0, 0.05) is 10.0 Å². The van der Waals surface area contributed by atoms with Crippen LogP contribution in [0.4, 0.5) is 5.69 Å². The Morgan fingerprint density at radius 2 is 1.21 bits per heavy atom. The van der Waals surface area contributed by atoms with E-state index in [4.69, 9.17) is 51.1 Å². The second kappa shape index (κ2) is 9.68. The Labute approximate surface area is 221 Å². The van der Waals surface area contributed by atoms with Gasteiger partial charge in [-0.15, -0.1) is 0 Å². The first-order chi connectivity index (χ1) is 16.1. The van der Waals surface area contributed by atoms with Crippen molar-refractivity contribution < 1.29 is 23.9 Å². The number of amides is 2. The van der Waals surface area contributed by atoms with E-state index in [0.29, 0.717) is 5.56 Å². The molecule has 0 aliphatic carbocycles. The van der Waals surface area contributed by atoms with Crippen LogP contribution in [-0.4, -0.2) is 30.2 Å². The number of esters is 1. The fraction of sp³-hybridized carbons (Fsp3) is 0.0435. The van der Waals surface area contributed by atoms with Crippen LogP contribution in [0, 0.1) is 0 Å². The molecule has 0 fully saturated rings. The van der Waals surface area contributed by atoms with Gasteiger partial charge in [-0.3, -0.25) is 14.4 Å². The highest BCUT2D eigenvalue weighted by molar-refractivity contribution is 9.10. The van der Waals surface area contributed by atoms with Crippen molar-refractivity contribution in [3.8, 4) is 0 Å². The van der Waals surface area contributed by atoms with Crippen LogP contribution >= 0.6 is 62.3 Å². The molecule has 1 aliphatic heterocycles. The predicted octanol–water partition coefficient (Wildman–Crippen LogP) is 6.90. The SMILES string of the molecule is O=C(COC(=O)c1ccc(N2C(=O)c3c(Cl)c(Cl)c(Cl)c(Cl)c3C2=O)cc1)c1ccc(Br)cc1. The molecular weight excluding hydrogens is 592 g/mol. The molecule has 1 aliphatic rings. The number of benzene rings is 3. The summed E-state index contributed by atoms with van der Waals surface area (Å²) in [6.45, 7) is -0.445. The number of nitrogens with zero attached hydrogens (tertiary/aromatic N) is 1. The van der Waals surface area contributed by atoms with E-state index in [2.05, 4.69) is 15.9 Å². The molecule has 0 spiro atoms. The largest absolute Gasteiger partial charge is 0.454 e. The standard InChI is InChI=1S/C23H10BrCl4NO5/c24-12-5-1-10(2-6-12)14(30)9-34-23(33)11-3-7-13(8-4-11)29-21(31)15-16(22(29)32)18(26)20(28)19(27)17(15)25/h1-8H,9H2. The summed E-state index contributed by atoms with van der Waals surface area (Å²) >= 11 is 27.6. The van der Waals surface area contributed by atoms with Gasteiger partial charge in [0.1, 0.15) is 0 Å². The van der Waals surface area contributed by atoms with E-state index in [1.165, 1.54) is 24.3 Å². The highest BCUT2D eigenvalue weighted by Crippen LogP contribution is 2.45. The first-order valence-corrected chi connectivity index (χ1v) is 11.7. The van der Waals surface area contributed by atoms with E-state index in [9.17, 15) is 19.2 Å². The summed E-state index contributed by atoms with van der Waals surface area (Å²) < 4.78 is 5.89. The molecule has 0 atom stereocenters. The summed E-state index contributed by atoms with van der Waals surface area (Å²) in [4.78, 5) is 51.2. The normalized spacial score (nSPS) is 12.7. The van der Waals surface area contributed by atoms with E-state index in [1.54, 1.807) is 24.3 Å². The summed E-state index contributed by atoms with van der Waals surface area (Å²) in [5.74, 6) is -2.58. The average Bonchev–Trinajstić information content (AvgIpc) is 3.10. The molecular formula is C23H10BrCl4NO5. The van der Waals surface area contributed by atoms with E-state index in [1.807, 2.05) is 0 Å². The molecule has 3 aromatic rings. The average molecular weight is 602 g/mol. The summed E-state index contributed by atoms with van der Waals surface area (Å²) in [6, 6.07) is 12.1. The summed E-state index contributed by atoms with van der Waals surface area (Å²) in [6.07, 6.45) is 0. The number of anilines is 1. The van der Waals surface area contributed by atoms with Gasteiger partial charge in [0.05, 0.1) is 42.5 Å². The molecule has 2 amide bonds. The minimum atomic E-state index is -0.746. The quantitative estimate of drug-likeness (QED) is 0.104. The van der Waals surface area contributed by atoms with Crippen LogP contribution in [0.25, 0.3) is 0 Å². The third kappa shape index (κ3) is 4.34. The number of rotatable bonds is 5. The molecule has 6 nitrogen and oxygen atoms in total. The van der Waals surface area contributed by atoms with Crippen molar-refractivity contribution in [3.63, 3.8) is 0 Å². The minimum Gasteiger partial charge on any atom is -0.454 e. The molecule has 3 aromatic carbocycles. The molecule has 11 heteroatoms. The second-order valence-electron chi connectivity index (χ2n) is 7.00. The number of hydrogen-bond donors (Lipinski definition) is 0. The lowest BCUT2D eigenvalue weighted by Gasteiger charge is -2.14. The number of Topliss-reactive ketones (excluding diaryl/α,β-unsaturated/α-hetero) is 1. The van der Waals surface area contributed by atoms with Crippen molar-refractivity contribution in [1.82, 2.24) is 0 Å². The number of imide groups is 1. The molecule has 172 valence electrons. The molecule has 0 unspecified atom stereocenters. The number of ether oxygens (including phenoxy) is 1. The Bertz CT molecular complexity index is 1330. The van der Waals surface area contributed by atoms with Crippen LogP contribution < -0.4 is 4.90 Å². The number of ketones is 1. The zero-order chi connectivity index (χ0) is 24.7. The first kappa shape index (κ1) is 24.7.